The molecule has 3 rings (SSSR count). The van der Waals surface area contributed by atoms with E-state index in [1.165, 1.54) is 0 Å². The van der Waals surface area contributed by atoms with Crippen LogP contribution in [0.15, 0.2) is 48.7 Å². The zero-order valence-corrected chi connectivity index (χ0v) is 17.3. The lowest BCUT2D eigenvalue weighted by atomic mass is 10.1. The Balaban J connectivity index is 1.96. The van der Waals surface area contributed by atoms with Gasteiger partial charge in [0.15, 0.2) is 0 Å². The summed E-state index contributed by atoms with van der Waals surface area (Å²) >= 11 is 0. The first-order chi connectivity index (χ1) is 14.2. The van der Waals surface area contributed by atoms with E-state index in [4.69, 9.17) is 9.84 Å². The SMILES string of the molecule is CCCc1nn(-c2ccc(OC)cc2)c(CCC)c1C(=O)NCc1ccccn1. The van der Waals surface area contributed by atoms with E-state index in [2.05, 4.69) is 24.1 Å². The van der Waals surface area contributed by atoms with Gasteiger partial charge in [0, 0.05) is 6.20 Å². The Kier molecular flexibility index (Phi) is 7.00. The lowest BCUT2D eigenvalue weighted by Gasteiger charge is -2.10. The molecule has 0 bridgehead atoms. The first-order valence-corrected chi connectivity index (χ1v) is 10.1. The fourth-order valence-electron chi connectivity index (χ4n) is 3.34. The minimum atomic E-state index is -0.0951. The number of methoxy groups -OCH3 is 1. The van der Waals surface area contributed by atoms with E-state index in [-0.39, 0.29) is 5.91 Å². The number of rotatable bonds is 9. The van der Waals surface area contributed by atoms with Gasteiger partial charge in [-0.1, -0.05) is 32.8 Å². The molecule has 0 unspecified atom stereocenters. The molecule has 0 radical (unpaired) electrons. The number of hydrogen-bond acceptors (Lipinski definition) is 4. The third kappa shape index (κ3) is 4.83. The smallest absolute Gasteiger partial charge is 0.255 e. The number of aryl methyl sites for hydroxylation is 1. The Hall–Kier alpha value is -3.15. The third-order valence-electron chi connectivity index (χ3n) is 4.73. The number of nitrogens with one attached hydrogen (secondary N) is 1. The Bertz CT molecular complexity index is 934. The van der Waals surface area contributed by atoms with E-state index in [0.29, 0.717) is 12.1 Å². The largest absolute Gasteiger partial charge is 0.497 e. The summed E-state index contributed by atoms with van der Waals surface area (Å²) in [6.45, 7) is 4.60. The van der Waals surface area contributed by atoms with E-state index in [0.717, 1.165) is 54.2 Å². The van der Waals surface area contributed by atoms with Gasteiger partial charge in [0.2, 0.25) is 0 Å². The van der Waals surface area contributed by atoms with Crippen molar-refractivity contribution in [2.45, 2.75) is 46.1 Å². The number of benzene rings is 1. The molecular formula is C23H28N4O2. The Labute approximate surface area is 171 Å². The summed E-state index contributed by atoms with van der Waals surface area (Å²) in [4.78, 5) is 17.4. The van der Waals surface area contributed by atoms with Crippen molar-refractivity contribution in [1.29, 1.82) is 0 Å². The molecule has 0 aliphatic heterocycles. The second-order valence-electron chi connectivity index (χ2n) is 6.88. The second-order valence-corrected chi connectivity index (χ2v) is 6.88. The summed E-state index contributed by atoms with van der Waals surface area (Å²) in [6.07, 6.45) is 5.11. The maximum absolute atomic E-state index is 13.1. The molecular weight excluding hydrogens is 364 g/mol. The summed E-state index contributed by atoms with van der Waals surface area (Å²) in [5, 5.41) is 7.84. The zero-order valence-electron chi connectivity index (χ0n) is 17.3. The molecule has 3 aromatic rings. The van der Waals surface area contributed by atoms with Crippen LogP contribution in [0, 0.1) is 0 Å². The predicted octanol–water partition coefficient (Wildman–Crippen LogP) is 4.11. The van der Waals surface area contributed by atoms with Crippen LogP contribution in [0.3, 0.4) is 0 Å². The molecule has 1 aromatic carbocycles. The van der Waals surface area contributed by atoms with Crippen molar-refractivity contribution in [2.75, 3.05) is 7.11 Å². The number of nitrogens with zero attached hydrogens (tertiary/aromatic N) is 3. The quantitative estimate of drug-likeness (QED) is 0.595. The molecule has 6 nitrogen and oxygen atoms in total. The number of aromatic nitrogens is 3. The van der Waals surface area contributed by atoms with Crippen LogP contribution in [0.1, 0.15) is 54.1 Å². The van der Waals surface area contributed by atoms with Gasteiger partial charge in [0.1, 0.15) is 5.75 Å². The topological polar surface area (TPSA) is 69.0 Å². The van der Waals surface area contributed by atoms with Crippen LogP contribution in [0.2, 0.25) is 0 Å². The monoisotopic (exact) mass is 392 g/mol. The number of amides is 1. The average Bonchev–Trinajstić information content (AvgIpc) is 3.11. The van der Waals surface area contributed by atoms with Gasteiger partial charge in [-0.3, -0.25) is 9.78 Å². The zero-order chi connectivity index (χ0) is 20.6. The lowest BCUT2D eigenvalue weighted by molar-refractivity contribution is 0.0948. The molecule has 0 atom stereocenters. The summed E-state index contributed by atoms with van der Waals surface area (Å²) in [5.41, 5.74) is 4.23. The molecule has 0 aliphatic rings. The predicted molar refractivity (Wildman–Crippen MR) is 114 cm³/mol. The average molecular weight is 393 g/mol. The van der Waals surface area contributed by atoms with E-state index in [1.54, 1.807) is 13.3 Å². The highest BCUT2D eigenvalue weighted by Gasteiger charge is 2.23. The van der Waals surface area contributed by atoms with E-state index >= 15 is 0 Å². The highest BCUT2D eigenvalue weighted by atomic mass is 16.5. The molecule has 6 heteroatoms. The minimum Gasteiger partial charge on any atom is -0.497 e. The van der Waals surface area contributed by atoms with Crippen molar-refractivity contribution in [1.82, 2.24) is 20.1 Å². The third-order valence-corrected chi connectivity index (χ3v) is 4.73. The van der Waals surface area contributed by atoms with Crippen molar-refractivity contribution in [3.05, 3.63) is 71.3 Å². The van der Waals surface area contributed by atoms with Crippen molar-refractivity contribution in [3.63, 3.8) is 0 Å². The normalized spacial score (nSPS) is 10.7. The Morgan fingerprint density at radius 3 is 2.45 bits per heavy atom. The molecule has 2 heterocycles. The minimum absolute atomic E-state index is 0.0951. The van der Waals surface area contributed by atoms with Crippen LogP contribution in [0.4, 0.5) is 0 Å². The summed E-state index contributed by atoms with van der Waals surface area (Å²) in [7, 11) is 1.65. The molecule has 1 amide bonds. The van der Waals surface area contributed by atoms with Crippen LogP contribution in [0.25, 0.3) is 5.69 Å². The van der Waals surface area contributed by atoms with Crippen LogP contribution in [0.5, 0.6) is 5.75 Å². The molecule has 0 spiro atoms. The molecule has 29 heavy (non-hydrogen) atoms. The molecule has 152 valence electrons. The second kappa shape index (κ2) is 9.87. The number of ether oxygens (including phenoxy) is 1. The van der Waals surface area contributed by atoms with Crippen molar-refractivity contribution >= 4 is 5.91 Å². The van der Waals surface area contributed by atoms with Gasteiger partial charge in [0.05, 0.1) is 42.0 Å². The first kappa shape index (κ1) is 20.6. The number of carbonyl (C=O) groups is 1. The van der Waals surface area contributed by atoms with E-state index in [1.807, 2.05) is 47.1 Å². The molecule has 0 saturated heterocycles. The van der Waals surface area contributed by atoms with Gasteiger partial charge in [0.25, 0.3) is 5.91 Å². The molecule has 1 N–H and O–H groups in total. The highest BCUT2D eigenvalue weighted by Crippen LogP contribution is 2.23. The van der Waals surface area contributed by atoms with Gasteiger partial charge in [-0.05, 0) is 49.2 Å². The van der Waals surface area contributed by atoms with E-state index < -0.39 is 0 Å². The van der Waals surface area contributed by atoms with Crippen molar-refractivity contribution < 1.29 is 9.53 Å². The summed E-state index contributed by atoms with van der Waals surface area (Å²) in [6, 6.07) is 13.4. The van der Waals surface area contributed by atoms with Crippen LogP contribution in [-0.4, -0.2) is 27.8 Å². The molecule has 0 saturated carbocycles. The first-order valence-electron chi connectivity index (χ1n) is 10.1. The van der Waals surface area contributed by atoms with Gasteiger partial charge in [-0.25, -0.2) is 4.68 Å². The summed E-state index contributed by atoms with van der Waals surface area (Å²) in [5.74, 6) is 0.697. The number of hydrogen-bond donors (Lipinski definition) is 1. The van der Waals surface area contributed by atoms with Crippen LogP contribution in [-0.2, 0) is 19.4 Å². The fourth-order valence-corrected chi connectivity index (χ4v) is 3.34. The number of pyridine rings is 1. The molecule has 0 aliphatic carbocycles. The highest BCUT2D eigenvalue weighted by molar-refractivity contribution is 5.96. The van der Waals surface area contributed by atoms with Gasteiger partial charge in [-0.2, -0.15) is 5.10 Å². The van der Waals surface area contributed by atoms with Crippen molar-refractivity contribution in [3.8, 4) is 11.4 Å². The fraction of sp³-hybridized carbons (Fsp3) is 0.348. The van der Waals surface area contributed by atoms with Gasteiger partial charge < -0.3 is 10.1 Å². The Morgan fingerprint density at radius 2 is 1.83 bits per heavy atom. The summed E-state index contributed by atoms with van der Waals surface area (Å²) < 4.78 is 7.17. The maximum Gasteiger partial charge on any atom is 0.255 e. The maximum atomic E-state index is 13.1. The number of carbonyl (C=O) groups excluding carboxylic acids is 1. The van der Waals surface area contributed by atoms with Crippen LogP contribution < -0.4 is 10.1 Å². The molecule has 0 fully saturated rings. The standard InChI is InChI=1S/C23H28N4O2/c1-4-8-20-22(23(28)25-16-17-10-6-7-15-24-17)21(9-5-2)27(26-20)18-11-13-19(29-3)14-12-18/h6-7,10-15H,4-5,8-9,16H2,1-3H3,(H,25,28). The van der Waals surface area contributed by atoms with Gasteiger partial charge >= 0.3 is 0 Å². The molecule has 2 aromatic heterocycles. The van der Waals surface area contributed by atoms with E-state index in [9.17, 15) is 4.79 Å². The van der Waals surface area contributed by atoms with Crippen molar-refractivity contribution in [2.24, 2.45) is 0 Å². The lowest BCUT2D eigenvalue weighted by Crippen LogP contribution is -2.25. The van der Waals surface area contributed by atoms with Gasteiger partial charge in [-0.15, -0.1) is 0 Å². The van der Waals surface area contributed by atoms with Crippen LogP contribution >= 0.6 is 0 Å². The Morgan fingerprint density at radius 1 is 1.07 bits per heavy atom.